The van der Waals surface area contributed by atoms with Gasteiger partial charge in [-0.05, 0) is 68.3 Å². The summed E-state index contributed by atoms with van der Waals surface area (Å²) in [6.45, 7) is 5.83. The third-order valence-electron chi connectivity index (χ3n) is 6.55. The summed E-state index contributed by atoms with van der Waals surface area (Å²) in [5, 5.41) is 5.64. The molecule has 0 radical (unpaired) electrons. The Morgan fingerprint density at radius 1 is 1.03 bits per heavy atom. The van der Waals surface area contributed by atoms with Crippen LogP contribution < -0.4 is 5.32 Å². The lowest BCUT2D eigenvalue weighted by Crippen LogP contribution is -2.40. The topological polar surface area (TPSA) is 37.3 Å². The molecule has 1 fully saturated rings. The van der Waals surface area contributed by atoms with E-state index in [9.17, 15) is 4.79 Å². The Labute approximate surface area is 197 Å². The van der Waals surface area contributed by atoms with Crippen molar-refractivity contribution in [1.29, 1.82) is 0 Å². The summed E-state index contributed by atoms with van der Waals surface area (Å²) < 4.78 is 3.42. The summed E-state index contributed by atoms with van der Waals surface area (Å²) in [4.78, 5) is 15.5. The number of nitrogens with one attached hydrogen (secondary N) is 1. The van der Waals surface area contributed by atoms with Crippen LogP contribution in [0.2, 0.25) is 0 Å². The van der Waals surface area contributed by atoms with Gasteiger partial charge >= 0.3 is 0 Å². The van der Waals surface area contributed by atoms with E-state index < -0.39 is 0 Å². The summed E-state index contributed by atoms with van der Waals surface area (Å²) in [6, 6.07) is 23.2. The summed E-state index contributed by atoms with van der Waals surface area (Å²) in [7, 11) is 0. The van der Waals surface area contributed by atoms with E-state index in [0.29, 0.717) is 0 Å². The second kappa shape index (κ2) is 9.08. The van der Waals surface area contributed by atoms with Crippen molar-refractivity contribution >= 4 is 49.3 Å². The van der Waals surface area contributed by atoms with Gasteiger partial charge in [-0.3, -0.25) is 9.69 Å². The van der Waals surface area contributed by atoms with Gasteiger partial charge < -0.3 is 9.88 Å². The molecule has 1 atom stereocenters. The second-order valence-electron chi connectivity index (χ2n) is 8.68. The standard InChI is InChI=1S/C27H28BrN3O/c1-2-31-25-8-4-3-7-23(25)24-16-22(13-14-26(24)31)29-27(32)20-6-5-15-30(18-20)17-19-9-11-21(28)12-10-19/h3-4,7-14,16,20H,2,5-6,15,17-18H2,1H3,(H,29,32). The van der Waals surface area contributed by atoms with Crippen molar-refractivity contribution in [2.75, 3.05) is 18.4 Å². The predicted octanol–water partition coefficient (Wildman–Crippen LogP) is 6.43. The number of para-hydroxylation sites is 1. The van der Waals surface area contributed by atoms with Gasteiger partial charge in [0.15, 0.2) is 0 Å². The molecule has 5 rings (SSSR count). The van der Waals surface area contributed by atoms with Crippen LogP contribution in [-0.2, 0) is 17.9 Å². The number of nitrogens with zero attached hydrogens (tertiary/aromatic N) is 2. The van der Waals surface area contributed by atoms with E-state index in [0.717, 1.165) is 49.2 Å². The Morgan fingerprint density at radius 2 is 1.81 bits per heavy atom. The van der Waals surface area contributed by atoms with Crippen molar-refractivity contribution in [3.05, 3.63) is 76.8 Å². The molecule has 32 heavy (non-hydrogen) atoms. The zero-order chi connectivity index (χ0) is 22.1. The van der Waals surface area contributed by atoms with E-state index in [2.05, 4.69) is 98.3 Å². The number of rotatable bonds is 5. The predicted molar refractivity (Wildman–Crippen MR) is 136 cm³/mol. The molecule has 2 heterocycles. The Balaban J connectivity index is 1.32. The molecule has 0 saturated carbocycles. The van der Waals surface area contributed by atoms with Gasteiger partial charge in [0.05, 0.1) is 5.92 Å². The highest BCUT2D eigenvalue weighted by Crippen LogP contribution is 2.31. The fraction of sp³-hybridized carbons (Fsp3) is 0.296. The average molecular weight is 490 g/mol. The van der Waals surface area contributed by atoms with Crippen LogP contribution >= 0.6 is 15.9 Å². The summed E-state index contributed by atoms with van der Waals surface area (Å²) in [6.07, 6.45) is 2.00. The van der Waals surface area contributed by atoms with E-state index in [1.807, 2.05) is 6.07 Å². The maximum absolute atomic E-state index is 13.1. The van der Waals surface area contributed by atoms with E-state index in [1.165, 1.54) is 27.4 Å². The van der Waals surface area contributed by atoms with E-state index in [4.69, 9.17) is 0 Å². The third kappa shape index (κ3) is 4.19. The fourth-order valence-electron chi connectivity index (χ4n) is 4.98. The minimum atomic E-state index is 0.0203. The number of hydrogen-bond donors (Lipinski definition) is 1. The molecule has 1 aromatic heterocycles. The van der Waals surface area contributed by atoms with Crippen molar-refractivity contribution in [3.8, 4) is 0 Å². The lowest BCUT2D eigenvalue weighted by atomic mass is 9.96. The number of halogens is 1. The minimum absolute atomic E-state index is 0.0203. The number of piperidine rings is 1. The van der Waals surface area contributed by atoms with Gasteiger partial charge in [-0.2, -0.15) is 0 Å². The fourth-order valence-corrected chi connectivity index (χ4v) is 5.24. The zero-order valence-corrected chi connectivity index (χ0v) is 19.9. The number of carbonyl (C=O) groups is 1. The van der Waals surface area contributed by atoms with E-state index in [1.54, 1.807) is 0 Å². The van der Waals surface area contributed by atoms with Crippen LogP contribution in [0.3, 0.4) is 0 Å². The SMILES string of the molecule is CCn1c2ccccc2c2cc(NC(=O)C3CCCN(Cc4ccc(Br)cc4)C3)ccc21. The number of benzene rings is 3. The molecule has 0 bridgehead atoms. The van der Waals surface area contributed by atoms with Crippen LogP contribution in [0.25, 0.3) is 21.8 Å². The minimum Gasteiger partial charge on any atom is -0.341 e. The molecule has 5 heteroatoms. The van der Waals surface area contributed by atoms with Crippen LogP contribution in [-0.4, -0.2) is 28.5 Å². The van der Waals surface area contributed by atoms with Crippen LogP contribution in [0, 0.1) is 5.92 Å². The number of carbonyl (C=O) groups excluding carboxylic acids is 1. The van der Waals surface area contributed by atoms with Gasteiger partial charge in [0, 0.05) is 51.6 Å². The molecule has 4 aromatic rings. The number of aromatic nitrogens is 1. The number of likely N-dealkylation sites (tertiary alicyclic amines) is 1. The number of amides is 1. The first-order chi connectivity index (χ1) is 15.6. The van der Waals surface area contributed by atoms with Crippen LogP contribution in [0.15, 0.2) is 71.2 Å². The van der Waals surface area contributed by atoms with Gasteiger partial charge in [0.25, 0.3) is 0 Å². The lowest BCUT2D eigenvalue weighted by Gasteiger charge is -2.32. The first-order valence-electron chi connectivity index (χ1n) is 11.4. The van der Waals surface area contributed by atoms with Gasteiger partial charge in [-0.25, -0.2) is 0 Å². The average Bonchev–Trinajstić information content (AvgIpc) is 3.14. The summed E-state index contributed by atoms with van der Waals surface area (Å²) in [5.41, 5.74) is 4.62. The molecule has 1 aliphatic heterocycles. The third-order valence-corrected chi connectivity index (χ3v) is 7.08. The Morgan fingerprint density at radius 3 is 2.62 bits per heavy atom. The summed E-state index contributed by atoms with van der Waals surface area (Å²) >= 11 is 3.50. The maximum atomic E-state index is 13.1. The Bertz CT molecular complexity index is 1260. The smallest absolute Gasteiger partial charge is 0.228 e. The van der Waals surface area contributed by atoms with Crippen LogP contribution in [0.4, 0.5) is 5.69 Å². The molecule has 1 amide bonds. The van der Waals surface area contributed by atoms with Gasteiger partial charge in [-0.15, -0.1) is 0 Å². The molecular formula is C27H28BrN3O. The van der Waals surface area contributed by atoms with Crippen molar-refractivity contribution in [3.63, 3.8) is 0 Å². The van der Waals surface area contributed by atoms with Crippen LogP contribution in [0.1, 0.15) is 25.3 Å². The molecule has 1 aliphatic rings. The number of hydrogen-bond acceptors (Lipinski definition) is 2. The van der Waals surface area contributed by atoms with E-state index >= 15 is 0 Å². The molecule has 1 N–H and O–H groups in total. The maximum Gasteiger partial charge on any atom is 0.228 e. The Hall–Kier alpha value is -2.63. The molecule has 0 aliphatic carbocycles. The lowest BCUT2D eigenvalue weighted by molar-refractivity contribution is -0.121. The highest BCUT2D eigenvalue weighted by molar-refractivity contribution is 9.10. The molecular weight excluding hydrogens is 462 g/mol. The molecule has 4 nitrogen and oxygen atoms in total. The number of fused-ring (bicyclic) bond motifs is 3. The zero-order valence-electron chi connectivity index (χ0n) is 18.4. The first-order valence-corrected chi connectivity index (χ1v) is 12.2. The highest BCUT2D eigenvalue weighted by atomic mass is 79.9. The summed E-state index contributed by atoms with van der Waals surface area (Å²) in [5.74, 6) is 0.149. The van der Waals surface area contributed by atoms with Gasteiger partial charge in [0.1, 0.15) is 0 Å². The van der Waals surface area contributed by atoms with Crippen molar-refractivity contribution in [2.24, 2.45) is 5.92 Å². The quantitative estimate of drug-likeness (QED) is 0.350. The monoisotopic (exact) mass is 489 g/mol. The Kier molecular flexibility index (Phi) is 6.03. The second-order valence-corrected chi connectivity index (χ2v) is 9.60. The normalized spacial score (nSPS) is 17.1. The van der Waals surface area contributed by atoms with Crippen molar-refractivity contribution < 1.29 is 4.79 Å². The molecule has 3 aromatic carbocycles. The molecule has 0 spiro atoms. The van der Waals surface area contributed by atoms with Crippen molar-refractivity contribution in [2.45, 2.75) is 32.9 Å². The van der Waals surface area contributed by atoms with Gasteiger partial charge in [0.2, 0.25) is 5.91 Å². The molecule has 1 unspecified atom stereocenters. The first kappa shape index (κ1) is 21.2. The van der Waals surface area contributed by atoms with E-state index in [-0.39, 0.29) is 11.8 Å². The largest absolute Gasteiger partial charge is 0.341 e. The number of anilines is 1. The van der Waals surface area contributed by atoms with Gasteiger partial charge in [-0.1, -0.05) is 46.3 Å². The molecule has 1 saturated heterocycles. The van der Waals surface area contributed by atoms with Crippen LogP contribution in [0.5, 0.6) is 0 Å². The molecule has 164 valence electrons. The number of aryl methyl sites for hydroxylation is 1. The van der Waals surface area contributed by atoms with Crippen molar-refractivity contribution in [1.82, 2.24) is 9.47 Å². The highest BCUT2D eigenvalue weighted by Gasteiger charge is 2.26.